The van der Waals surface area contributed by atoms with Crippen LogP contribution >= 0.6 is 0 Å². The third kappa shape index (κ3) is 1.04. The standard InChI is InChI=1S/C15H10N3O/c1-2-4-13-12(3-1)18-14(19-13)9-17-8-10-7-16-6-5-11(10)15(17)18/h1-7,9H,8H2/q+1. The SMILES string of the molecule is c1ccc2c(c1)oc1c[n+]3c(n12)-c1ccncc1C3. The summed E-state index contributed by atoms with van der Waals surface area (Å²) in [6.45, 7) is 0.865. The average Bonchev–Trinajstić information content (AvgIpc) is 3.04. The lowest BCUT2D eigenvalue weighted by Gasteiger charge is -1.91. The van der Waals surface area contributed by atoms with E-state index in [1.165, 1.54) is 17.0 Å². The van der Waals surface area contributed by atoms with Crippen LogP contribution in [0.4, 0.5) is 0 Å². The Bertz CT molecular complexity index is 949. The molecule has 1 aromatic carbocycles. The van der Waals surface area contributed by atoms with Gasteiger partial charge in [0.05, 0.1) is 5.56 Å². The molecule has 0 bridgehead atoms. The molecule has 0 unspecified atom stereocenters. The lowest BCUT2D eigenvalue weighted by atomic mass is 10.2. The van der Waals surface area contributed by atoms with Crippen molar-refractivity contribution < 1.29 is 8.98 Å². The number of nitrogens with zero attached hydrogens (tertiary/aromatic N) is 3. The van der Waals surface area contributed by atoms with Crippen molar-refractivity contribution >= 4 is 16.8 Å². The van der Waals surface area contributed by atoms with Crippen LogP contribution in [0, 0.1) is 0 Å². The molecule has 4 heteroatoms. The van der Waals surface area contributed by atoms with Gasteiger partial charge in [0.25, 0.3) is 5.82 Å². The Hall–Kier alpha value is -2.62. The fourth-order valence-corrected chi connectivity index (χ4v) is 2.98. The second-order valence-electron chi connectivity index (χ2n) is 4.86. The summed E-state index contributed by atoms with van der Waals surface area (Å²) in [6, 6.07) is 10.2. The second kappa shape index (κ2) is 3.03. The quantitative estimate of drug-likeness (QED) is 0.394. The molecule has 4 aromatic rings. The van der Waals surface area contributed by atoms with Crippen molar-refractivity contribution in [2.45, 2.75) is 6.54 Å². The molecule has 0 N–H and O–H groups in total. The number of oxazole rings is 1. The first-order chi connectivity index (χ1) is 9.42. The van der Waals surface area contributed by atoms with E-state index in [1.807, 2.05) is 30.6 Å². The number of imidazole rings is 1. The predicted molar refractivity (Wildman–Crippen MR) is 69.7 cm³/mol. The third-order valence-electron chi connectivity index (χ3n) is 3.78. The largest absolute Gasteiger partial charge is 0.416 e. The van der Waals surface area contributed by atoms with Crippen molar-refractivity contribution in [2.24, 2.45) is 0 Å². The van der Waals surface area contributed by atoms with Crippen molar-refractivity contribution in [3.63, 3.8) is 0 Å². The van der Waals surface area contributed by atoms with Gasteiger partial charge in [0.1, 0.15) is 6.54 Å². The minimum Gasteiger partial charge on any atom is -0.416 e. The van der Waals surface area contributed by atoms with E-state index < -0.39 is 0 Å². The highest BCUT2D eigenvalue weighted by atomic mass is 16.3. The van der Waals surface area contributed by atoms with Crippen molar-refractivity contribution in [3.05, 3.63) is 54.5 Å². The summed E-state index contributed by atoms with van der Waals surface area (Å²) in [7, 11) is 0. The minimum absolute atomic E-state index is 0.865. The fraction of sp³-hybridized carbons (Fsp3) is 0.0667. The van der Waals surface area contributed by atoms with E-state index in [1.54, 1.807) is 0 Å². The molecule has 1 aliphatic heterocycles. The smallest absolute Gasteiger partial charge is 0.336 e. The fourth-order valence-electron chi connectivity index (χ4n) is 2.98. The molecule has 0 saturated heterocycles. The van der Waals surface area contributed by atoms with Crippen LogP contribution < -0.4 is 4.57 Å². The van der Waals surface area contributed by atoms with E-state index in [9.17, 15) is 0 Å². The van der Waals surface area contributed by atoms with Gasteiger partial charge in [0.2, 0.25) is 0 Å². The van der Waals surface area contributed by atoms with Gasteiger partial charge >= 0.3 is 5.71 Å². The van der Waals surface area contributed by atoms with Crippen LogP contribution in [-0.2, 0) is 6.54 Å². The predicted octanol–water partition coefficient (Wildman–Crippen LogP) is 2.40. The van der Waals surface area contributed by atoms with E-state index in [-0.39, 0.29) is 0 Å². The lowest BCUT2D eigenvalue weighted by Crippen LogP contribution is -2.29. The molecule has 1 aliphatic rings. The highest BCUT2D eigenvalue weighted by molar-refractivity contribution is 5.80. The molecule has 0 spiro atoms. The first kappa shape index (κ1) is 9.33. The van der Waals surface area contributed by atoms with Crippen LogP contribution in [-0.4, -0.2) is 9.38 Å². The van der Waals surface area contributed by atoms with Gasteiger partial charge in [-0.15, -0.1) is 0 Å². The number of fused-ring (bicyclic) bond motifs is 7. The molecular weight excluding hydrogens is 238 g/mol. The first-order valence-electron chi connectivity index (χ1n) is 6.27. The van der Waals surface area contributed by atoms with Crippen LogP contribution in [0.3, 0.4) is 0 Å². The monoisotopic (exact) mass is 248 g/mol. The highest BCUT2D eigenvalue weighted by Crippen LogP contribution is 2.31. The maximum absolute atomic E-state index is 5.89. The zero-order valence-electron chi connectivity index (χ0n) is 10.1. The Balaban J connectivity index is 2.00. The number of pyridine rings is 1. The van der Waals surface area contributed by atoms with E-state index in [2.05, 4.69) is 32.3 Å². The summed E-state index contributed by atoms with van der Waals surface area (Å²) in [5, 5.41) is 0. The molecule has 3 aromatic heterocycles. The summed E-state index contributed by atoms with van der Waals surface area (Å²) < 4.78 is 10.3. The molecule has 5 rings (SSSR count). The Morgan fingerprint density at radius 2 is 2.16 bits per heavy atom. The van der Waals surface area contributed by atoms with Crippen molar-refractivity contribution in [1.29, 1.82) is 0 Å². The van der Waals surface area contributed by atoms with Gasteiger partial charge in [0.15, 0.2) is 17.3 Å². The second-order valence-corrected chi connectivity index (χ2v) is 4.86. The Morgan fingerprint density at radius 1 is 1.21 bits per heavy atom. The zero-order valence-corrected chi connectivity index (χ0v) is 10.1. The van der Waals surface area contributed by atoms with Gasteiger partial charge in [-0.1, -0.05) is 12.1 Å². The third-order valence-corrected chi connectivity index (χ3v) is 3.78. The molecule has 0 saturated carbocycles. The zero-order chi connectivity index (χ0) is 12.4. The Kier molecular flexibility index (Phi) is 1.49. The van der Waals surface area contributed by atoms with Gasteiger partial charge in [0, 0.05) is 18.0 Å². The summed E-state index contributed by atoms with van der Waals surface area (Å²) in [5.41, 5.74) is 5.41. The molecule has 90 valence electrons. The molecule has 0 aliphatic carbocycles. The first-order valence-corrected chi connectivity index (χ1v) is 6.27. The molecule has 4 nitrogen and oxygen atoms in total. The Morgan fingerprint density at radius 3 is 3.16 bits per heavy atom. The number of para-hydroxylation sites is 2. The van der Waals surface area contributed by atoms with Gasteiger partial charge in [-0.3, -0.25) is 4.98 Å². The summed E-state index contributed by atoms with van der Waals surface area (Å²) in [5.74, 6) is 1.18. The van der Waals surface area contributed by atoms with Crippen molar-refractivity contribution in [3.8, 4) is 11.4 Å². The molecule has 0 amide bonds. The maximum Gasteiger partial charge on any atom is 0.336 e. The van der Waals surface area contributed by atoms with Gasteiger partial charge in [-0.2, -0.15) is 4.40 Å². The van der Waals surface area contributed by atoms with E-state index in [0.29, 0.717) is 0 Å². The highest BCUT2D eigenvalue weighted by Gasteiger charge is 2.32. The average molecular weight is 248 g/mol. The van der Waals surface area contributed by atoms with E-state index in [0.717, 1.165) is 23.4 Å². The van der Waals surface area contributed by atoms with Crippen LogP contribution in [0.2, 0.25) is 0 Å². The summed E-state index contributed by atoms with van der Waals surface area (Å²) in [4.78, 5) is 4.20. The number of hydrogen-bond acceptors (Lipinski definition) is 2. The number of benzene rings is 1. The summed E-state index contributed by atoms with van der Waals surface area (Å²) >= 11 is 0. The molecule has 0 radical (unpaired) electrons. The normalized spacial score (nSPS) is 13.1. The van der Waals surface area contributed by atoms with Crippen LogP contribution in [0.15, 0.2) is 53.3 Å². The Labute approximate surface area is 108 Å². The molecule has 0 fully saturated rings. The minimum atomic E-state index is 0.865. The van der Waals surface area contributed by atoms with E-state index >= 15 is 0 Å². The lowest BCUT2D eigenvalue weighted by molar-refractivity contribution is -0.670. The van der Waals surface area contributed by atoms with Crippen LogP contribution in [0.5, 0.6) is 0 Å². The van der Waals surface area contributed by atoms with Crippen LogP contribution in [0.25, 0.3) is 28.2 Å². The van der Waals surface area contributed by atoms with E-state index in [4.69, 9.17) is 4.42 Å². The molecule has 0 atom stereocenters. The number of aromatic nitrogens is 3. The number of rotatable bonds is 0. The van der Waals surface area contributed by atoms with Crippen molar-refractivity contribution in [2.75, 3.05) is 0 Å². The molecule has 4 heterocycles. The van der Waals surface area contributed by atoms with Crippen molar-refractivity contribution in [1.82, 2.24) is 9.38 Å². The number of hydrogen-bond donors (Lipinski definition) is 0. The van der Waals surface area contributed by atoms with Gasteiger partial charge in [-0.25, -0.2) is 4.57 Å². The molecule has 19 heavy (non-hydrogen) atoms. The van der Waals surface area contributed by atoms with Gasteiger partial charge in [-0.05, 0) is 18.2 Å². The van der Waals surface area contributed by atoms with Crippen LogP contribution in [0.1, 0.15) is 5.56 Å². The molecular formula is C15H10N3O+. The van der Waals surface area contributed by atoms with Gasteiger partial charge < -0.3 is 4.42 Å². The summed E-state index contributed by atoms with van der Waals surface area (Å²) in [6.07, 6.45) is 5.85. The maximum atomic E-state index is 5.89. The topological polar surface area (TPSA) is 34.3 Å².